The van der Waals surface area contributed by atoms with Crippen LogP contribution in [-0.4, -0.2) is 35.7 Å². The van der Waals surface area contributed by atoms with Crippen LogP contribution in [0.5, 0.6) is 0 Å². The van der Waals surface area contributed by atoms with E-state index in [9.17, 15) is 4.79 Å². The van der Waals surface area contributed by atoms with E-state index in [1.807, 2.05) is 0 Å². The van der Waals surface area contributed by atoms with Crippen LogP contribution in [0.25, 0.3) is 0 Å². The van der Waals surface area contributed by atoms with Crippen LogP contribution in [0.1, 0.15) is 10.6 Å². The summed E-state index contributed by atoms with van der Waals surface area (Å²) < 4.78 is 7.05. The number of nitrogens with zero attached hydrogens (tertiary/aromatic N) is 3. The summed E-state index contributed by atoms with van der Waals surface area (Å²) in [5, 5.41) is 7.27. The number of carbonyl (C=O) groups is 1. The fourth-order valence-electron chi connectivity index (χ4n) is 0.996. The zero-order chi connectivity index (χ0) is 11.3. The Morgan fingerprint density at radius 1 is 1.53 bits per heavy atom. The summed E-state index contributed by atoms with van der Waals surface area (Å²) in [5.41, 5.74) is 0. The minimum Gasteiger partial charge on any atom is -0.361 e. The van der Waals surface area contributed by atoms with E-state index in [0.29, 0.717) is 18.8 Å². The van der Waals surface area contributed by atoms with E-state index in [-0.39, 0.29) is 0 Å². The zero-order valence-electron chi connectivity index (χ0n) is 9.43. The lowest BCUT2D eigenvalue weighted by Crippen LogP contribution is -2.22. The molecule has 1 rings (SSSR count). The molecule has 0 atom stereocenters. The average molecular weight is 227 g/mol. The maximum absolute atomic E-state index is 10.5. The number of hydrogen-bond donors (Lipinski definition) is 0. The van der Waals surface area contributed by atoms with Gasteiger partial charge in [0, 0.05) is 14.7 Å². The predicted octanol–water partition coefficient (Wildman–Crippen LogP) is 1.40. The number of rotatable bonds is 6. The summed E-state index contributed by atoms with van der Waals surface area (Å²) >= 11 is 0. The first-order valence-electron chi connectivity index (χ1n) is 4.94. The van der Waals surface area contributed by atoms with Crippen LogP contribution >= 0.6 is 0 Å². The number of hydrogen-bond acceptors (Lipinski definition) is 4. The largest absolute Gasteiger partial charge is 0.361 e. The van der Waals surface area contributed by atoms with Crippen molar-refractivity contribution in [2.45, 2.75) is 32.4 Å². The summed E-state index contributed by atoms with van der Waals surface area (Å²) in [7, 11) is -1.04. The molecule has 0 unspecified atom stereocenters. The maximum Gasteiger partial charge on any atom is 0.198 e. The van der Waals surface area contributed by atoms with Crippen LogP contribution in [0.3, 0.4) is 0 Å². The van der Waals surface area contributed by atoms with Crippen molar-refractivity contribution in [3.8, 4) is 0 Å². The second kappa shape index (κ2) is 5.18. The van der Waals surface area contributed by atoms with E-state index >= 15 is 0 Å². The molecule has 0 saturated heterocycles. The molecule has 6 heteroatoms. The van der Waals surface area contributed by atoms with Gasteiger partial charge in [0.25, 0.3) is 0 Å². The molecule has 0 aliphatic rings. The number of aromatic nitrogens is 3. The summed E-state index contributed by atoms with van der Waals surface area (Å²) in [6, 6.07) is 1.12. The van der Waals surface area contributed by atoms with Gasteiger partial charge in [-0.2, -0.15) is 0 Å². The van der Waals surface area contributed by atoms with E-state index in [0.717, 1.165) is 12.7 Å². The van der Waals surface area contributed by atoms with Crippen LogP contribution in [0.15, 0.2) is 6.33 Å². The molecular formula is C9H17N3O2Si. The van der Waals surface area contributed by atoms with Gasteiger partial charge in [-0.3, -0.25) is 9.36 Å². The van der Waals surface area contributed by atoms with Crippen molar-refractivity contribution in [3.63, 3.8) is 0 Å². The Morgan fingerprint density at radius 2 is 2.27 bits per heavy atom. The van der Waals surface area contributed by atoms with E-state index in [2.05, 4.69) is 29.8 Å². The highest BCUT2D eigenvalue weighted by atomic mass is 28.3. The number of aldehydes is 1. The quantitative estimate of drug-likeness (QED) is 0.419. The predicted molar refractivity (Wildman–Crippen MR) is 59.5 cm³/mol. The fraction of sp³-hybridized carbons (Fsp3) is 0.667. The van der Waals surface area contributed by atoms with Gasteiger partial charge in [0.1, 0.15) is 13.1 Å². The second-order valence-corrected chi connectivity index (χ2v) is 10.2. The normalized spacial score (nSPS) is 11.7. The molecule has 84 valence electrons. The molecule has 0 N–H and O–H groups in total. The topological polar surface area (TPSA) is 57.0 Å². The number of carbonyl (C=O) groups excluding carboxylic acids is 1. The summed E-state index contributed by atoms with van der Waals surface area (Å²) in [5.74, 6) is 0.308. The van der Waals surface area contributed by atoms with Gasteiger partial charge in [-0.1, -0.05) is 19.6 Å². The van der Waals surface area contributed by atoms with E-state index in [1.54, 1.807) is 4.57 Å². The van der Waals surface area contributed by atoms with Crippen LogP contribution in [-0.2, 0) is 11.5 Å². The van der Waals surface area contributed by atoms with Crippen molar-refractivity contribution in [2.24, 2.45) is 0 Å². The lowest BCUT2D eigenvalue weighted by atomic mass is 10.7. The minimum atomic E-state index is -1.04. The van der Waals surface area contributed by atoms with Crippen LogP contribution < -0.4 is 0 Å². The molecule has 0 aromatic carbocycles. The van der Waals surface area contributed by atoms with Crippen LogP contribution in [0, 0.1) is 0 Å². The van der Waals surface area contributed by atoms with E-state index < -0.39 is 8.07 Å². The second-order valence-electron chi connectivity index (χ2n) is 4.62. The van der Waals surface area contributed by atoms with Crippen molar-refractivity contribution < 1.29 is 9.53 Å². The molecule has 0 fully saturated rings. The van der Waals surface area contributed by atoms with Gasteiger partial charge in [0.05, 0.1) is 0 Å². The van der Waals surface area contributed by atoms with Gasteiger partial charge in [-0.05, 0) is 6.04 Å². The molecule has 0 bridgehead atoms. The monoisotopic (exact) mass is 227 g/mol. The highest BCUT2D eigenvalue weighted by molar-refractivity contribution is 6.76. The third-order valence-corrected chi connectivity index (χ3v) is 3.68. The molecule has 15 heavy (non-hydrogen) atoms. The third kappa shape index (κ3) is 4.35. The highest BCUT2D eigenvalue weighted by Gasteiger charge is 2.12. The van der Waals surface area contributed by atoms with E-state index in [1.165, 1.54) is 6.33 Å². The Kier molecular flexibility index (Phi) is 4.16. The van der Waals surface area contributed by atoms with Crippen molar-refractivity contribution in [2.75, 3.05) is 6.61 Å². The zero-order valence-corrected chi connectivity index (χ0v) is 10.4. The van der Waals surface area contributed by atoms with Crippen molar-refractivity contribution in [1.82, 2.24) is 14.8 Å². The third-order valence-electron chi connectivity index (χ3n) is 1.98. The highest BCUT2D eigenvalue weighted by Crippen LogP contribution is 2.07. The minimum absolute atomic E-state index is 0.308. The van der Waals surface area contributed by atoms with Gasteiger partial charge < -0.3 is 4.74 Å². The lowest BCUT2D eigenvalue weighted by Gasteiger charge is -2.15. The molecule has 0 aliphatic carbocycles. The molecule has 0 aliphatic heterocycles. The summed E-state index contributed by atoms with van der Waals surface area (Å²) in [6.07, 6.45) is 2.17. The van der Waals surface area contributed by atoms with E-state index in [4.69, 9.17) is 4.74 Å². The summed E-state index contributed by atoms with van der Waals surface area (Å²) in [6.45, 7) is 7.97. The Labute approximate surface area is 90.5 Å². The number of ether oxygens (including phenoxy) is 1. The summed E-state index contributed by atoms with van der Waals surface area (Å²) in [4.78, 5) is 10.5. The van der Waals surface area contributed by atoms with Gasteiger partial charge >= 0.3 is 0 Å². The first-order chi connectivity index (χ1) is 7.03. The van der Waals surface area contributed by atoms with Gasteiger partial charge in [0.2, 0.25) is 0 Å². The Balaban J connectivity index is 2.29. The standard InChI is InChI=1S/C9H17N3O2Si/c1-15(2,3)5-4-14-8-12-7-10-11-9(12)6-13/h6-7H,4-5,8H2,1-3H3. The Hall–Kier alpha value is -1.01. The maximum atomic E-state index is 10.5. The Morgan fingerprint density at radius 3 is 2.87 bits per heavy atom. The molecule has 1 aromatic rings. The smallest absolute Gasteiger partial charge is 0.198 e. The molecule has 1 heterocycles. The van der Waals surface area contributed by atoms with Crippen molar-refractivity contribution in [1.29, 1.82) is 0 Å². The first-order valence-corrected chi connectivity index (χ1v) is 8.64. The molecule has 0 spiro atoms. The first kappa shape index (κ1) is 12.1. The van der Waals surface area contributed by atoms with Crippen molar-refractivity contribution >= 4 is 14.4 Å². The van der Waals surface area contributed by atoms with Crippen molar-refractivity contribution in [3.05, 3.63) is 12.2 Å². The van der Waals surface area contributed by atoms with Crippen LogP contribution in [0.2, 0.25) is 25.7 Å². The van der Waals surface area contributed by atoms with Gasteiger partial charge in [0.15, 0.2) is 12.1 Å². The fourth-order valence-corrected chi connectivity index (χ4v) is 1.75. The molecule has 1 aromatic heterocycles. The Bertz CT molecular complexity index is 319. The van der Waals surface area contributed by atoms with Gasteiger partial charge in [-0.15, -0.1) is 10.2 Å². The molecular weight excluding hydrogens is 210 g/mol. The molecule has 0 saturated carbocycles. The average Bonchev–Trinajstić information content (AvgIpc) is 2.58. The van der Waals surface area contributed by atoms with Gasteiger partial charge in [-0.25, -0.2) is 0 Å². The molecule has 5 nitrogen and oxygen atoms in total. The lowest BCUT2D eigenvalue weighted by molar-refractivity contribution is 0.0830. The SMILES string of the molecule is C[Si](C)(C)CCOCn1cnnc1C=O. The molecule has 0 radical (unpaired) electrons. The van der Waals surface area contributed by atoms with Crippen LogP contribution in [0.4, 0.5) is 0 Å². The molecule has 0 amide bonds.